The molecule has 0 aliphatic carbocycles. The number of H-pyrrole nitrogens is 1. The van der Waals surface area contributed by atoms with Crippen LogP contribution in [0.4, 0.5) is 4.39 Å². The van der Waals surface area contributed by atoms with Crippen molar-refractivity contribution in [2.24, 2.45) is 0 Å². The summed E-state index contributed by atoms with van der Waals surface area (Å²) in [5.74, 6) is 0.0880. The molecule has 0 bridgehead atoms. The second-order valence-corrected chi connectivity index (χ2v) is 7.49. The van der Waals surface area contributed by atoms with Gasteiger partial charge in [-0.3, -0.25) is 9.59 Å². The van der Waals surface area contributed by atoms with Gasteiger partial charge in [-0.1, -0.05) is 12.1 Å². The Hall–Kier alpha value is -2.48. The predicted molar refractivity (Wildman–Crippen MR) is 101 cm³/mol. The minimum atomic E-state index is -2.00. The van der Waals surface area contributed by atoms with Crippen molar-refractivity contribution in [1.29, 1.82) is 0 Å². The van der Waals surface area contributed by atoms with Crippen LogP contribution in [0.3, 0.4) is 0 Å². The number of alkyl halides is 1. The van der Waals surface area contributed by atoms with Crippen LogP contribution in [0.1, 0.15) is 25.1 Å². The summed E-state index contributed by atoms with van der Waals surface area (Å²) >= 11 is 0. The fourth-order valence-electron chi connectivity index (χ4n) is 3.96. The Morgan fingerprint density at radius 1 is 1.18 bits per heavy atom. The maximum Gasteiger partial charge on any atom is 0.262 e. The predicted octanol–water partition coefficient (Wildman–Crippen LogP) is 1.68. The van der Waals surface area contributed by atoms with Crippen LogP contribution >= 0.6 is 0 Å². The van der Waals surface area contributed by atoms with Gasteiger partial charge in [0.05, 0.1) is 30.8 Å². The van der Waals surface area contributed by atoms with Gasteiger partial charge >= 0.3 is 0 Å². The van der Waals surface area contributed by atoms with Crippen LogP contribution in [0.25, 0.3) is 11.0 Å². The number of hydrogen-bond acceptors (Lipinski definition) is 4. The van der Waals surface area contributed by atoms with Gasteiger partial charge in [0.1, 0.15) is 5.82 Å². The minimum absolute atomic E-state index is 0.142. The van der Waals surface area contributed by atoms with E-state index in [2.05, 4.69) is 9.97 Å². The molecule has 1 atom stereocenters. The summed E-state index contributed by atoms with van der Waals surface area (Å²) in [7, 11) is 0. The number of piperidine rings is 1. The van der Waals surface area contributed by atoms with Gasteiger partial charge < -0.3 is 19.5 Å². The molecule has 0 saturated carbocycles. The van der Waals surface area contributed by atoms with E-state index >= 15 is 4.39 Å². The summed E-state index contributed by atoms with van der Waals surface area (Å²) in [4.78, 5) is 36.0. The van der Waals surface area contributed by atoms with Crippen molar-refractivity contribution in [3.8, 4) is 0 Å². The smallest absolute Gasteiger partial charge is 0.262 e. The summed E-state index contributed by atoms with van der Waals surface area (Å²) in [6.45, 7) is 2.00. The zero-order chi connectivity index (χ0) is 19.6. The molecular weight excluding hydrogens is 363 g/mol. The number of benzene rings is 1. The van der Waals surface area contributed by atoms with Crippen LogP contribution < -0.4 is 0 Å². The maximum atomic E-state index is 15.4. The van der Waals surface area contributed by atoms with Crippen molar-refractivity contribution in [3.05, 3.63) is 30.1 Å². The molecule has 8 heteroatoms. The van der Waals surface area contributed by atoms with Gasteiger partial charge in [0.2, 0.25) is 11.6 Å². The first-order valence-corrected chi connectivity index (χ1v) is 9.83. The lowest BCUT2D eigenvalue weighted by Crippen LogP contribution is -2.58. The third kappa shape index (κ3) is 3.87. The number of likely N-dealkylation sites (tertiary alicyclic amines) is 1. The Kier molecular flexibility index (Phi) is 5.30. The number of rotatable bonds is 4. The van der Waals surface area contributed by atoms with Crippen LogP contribution in [0, 0.1) is 0 Å². The number of nitrogens with one attached hydrogen (secondary N) is 1. The first-order chi connectivity index (χ1) is 13.5. The Labute approximate surface area is 162 Å². The Morgan fingerprint density at radius 2 is 1.96 bits per heavy atom. The first kappa shape index (κ1) is 18.9. The van der Waals surface area contributed by atoms with Gasteiger partial charge in [-0.2, -0.15) is 0 Å². The molecule has 2 fully saturated rings. The summed E-state index contributed by atoms with van der Waals surface area (Å²) < 4.78 is 20.7. The number of amides is 2. The molecule has 0 radical (unpaired) electrons. The summed E-state index contributed by atoms with van der Waals surface area (Å²) in [5, 5.41) is 0. The van der Waals surface area contributed by atoms with E-state index in [-0.39, 0.29) is 25.3 Å². The zero-order valence-corrected chi connectivity index (χ0v) is 15.8. The minimum Gasteiger partial charge on any atom is -0.378 e. The van der Waals surface area contributed by atoms with Gasteiger partial charge in [0.15, 0.2) is 0 Å². The third-order valence-electron chi connectivity index (χ3n) is 5.49. The van der Waals surface area contributed by atoms with Crippen molar-refractivity contribution in [1.82, 2.24) is 19.8 Å². The number of aromatic nitrogens is 2. The van der Waals surface area contributed by atoms with Gasteiger partial charge in [-0.05, 0) is 25.0 Å². The fraction of sp³-hybridized carbons (Fsp3) is 0.550. The number of fused-ring (bicyclic) bond motifs is 1. The van der Waals surface area contributed by atoms with Crippen LogP contribution in [-0.4, -0.2) is 76.6 Å². The molecule has 4 rings (SSSR count). The second-order valence-electron chi connectivity index (χ2n) is 7.49. The zero-order valence-electron chi connectivity index (χ0n) is 15.8. The normalized spacial score (nSPS) is 23.2. The number of carbonyl (C=O) groups is 2. The Morgan fingerprint density at radius 3 is 2.75 bits per heavy atom. The number of aromatic amines is 1. The van der Waals surface area contributed by atoms with Crippen LogP contribution in [-0.2, 0) is 20.7 Å². The standard InChI is InChI=1S/C20H25FN4O3/c21-20(19(27)24-10-12-28-13-11-24)8-3-9-25(14-20)18(26)7-6-17-22-15-4-1-2-5-16(15)23-17/h1-2,4-5H,3,6-14H2,(H,22,23). The van der Waals surface area contributed by atoms with E-state index in [4.69, 9.17) is 4.74 Å². The first-order valence-electron chi connectivity index (χ1n) is 9.83. The highest BCUT2D eigenvalue weighted by molar-refractivity contribution is 5.87. The lowest BCUT2D eigenvalue weighted by atomic mass is 9.92. The number of aryl methyl sites for hydroxylation is 1. The molecule has 1 unspecified atom stereocenters. The average Bonchev–Trinajstić information content (AvgIpc) is 3.15. The number of hydrogen-bond donors (Lipinski definition) is 1. The highest BCUT2D eigenvalue weighted by Gasteiger charge is 2.46. The number of ether oxygens (including phenoxy) is 1. The molecule has 2 aromatic rings. The van der Waals surface area contributed by atoms with Crippen LogP contribution in [0.2, 0.25) is 0 Å². The van der Waals surface area contributed by atoms with E-state index in [0.29, 0.717) is 45.7 Å². The van der Waals surface area contributed by atoms with Crippen LogP contribution in [0.15, 0.2) is 24.3 Å². The molecule has 1 N–H and O–H groups in total. The van der Waals surface area contributed by atoms with Crippen LogP contribution in [0.5, 0.6) is 0 Å². The molecule has 1 aromatic heterocycles. The molecule has 2 saturated heterocycles. The van der Waals surface area contributed by atoms with Crippen molar-refractivity contribution in [2.45, 2.75) is 31.4 Å². The summed E-state index contributed by atoms with van der Waals surface area (Å²) in [6.07, 6.45) is 1.35. The molecule has 28 heavy (non-hydrogen) atoms. The molecule has 3 heterocycles. The van der Waals surface area contributed by atoms with E-state index in [9.17, 15) is 9.59 Å². The summed E-state index contributed by atoms with van der Waals surface area (Å²) in [5.41, 5.74) is -0.200. The summed E-state index contributed by atoms with van der Waals surface area (Å²) in [6, 6.07) is 7.69. The molecule has 2 amide bonds. The van der Waals surface area contributed by atoms with Crippen molar-refractivity contribution in [2.75, 3.05) is 39.4 Å². The molecule has 150 valence electrons. The van der Waals surface area contributed by atoms with Crippen molar-refractivity contribution < 1.29 is 18.7 Å². The molecular formula is C20H25FN4O3. The monoisotopic (exact) mass is 388 g/mol. The van der Waals surface area contributed by atoms with Crippen molar-refractivity contribution in [3.63, 3.8) is 0 Å². The van der Waals surface area contributed by atoms with Gasteiger partial charge in [0.25, 0.3) is 5.91 Å². The van der Waals surface area contributed by atoms with E-state index in [1.165, 1.54) is 9.80 Å². The lowest BCUT2D eigenvalue weighted by molar-refractivity contribution is -0.154. The van der Waals surface area contributed by atoms with Gasteiger partial charge in [0, 0.05) is 32.5 Å². The van der Waals surface area contributed by atoms with E-state index in [1.807, 2.05) is 24.3 Å². The lowest BCUT2D eigenvalue weighted by Gasteiger charge is -2.40. The van der Waals surface area contributed by atoms with E-state index in [0.717, 1.165) is 16.9 Å². The molecule has 1 aromatic carbocycles. The van der Waals surface area contributed by atoms with Crippen molar-refractivity contribution >= 4 is 22.8 Å². The molecule has 2 aliphatic heterocycles. The SMILES string of the molecule is O=C(CCc1nc2ccccc2[nH]1)N1CCCC(F)(C(=O)N2CCOCC2)C1. The highest BCUT2D eigenvalue weighted by Crippen LogP contribution is 2.28. The molecule has 0 spiro atoms. The number of carbonyl (C=O) groups excluding carboxylic acids is 2. The van der Waals surface area contributed by atoms with E-state index in [1.54, 1.807) is 0 Å². The highest BCUT2D eigenvalue weighted by atomic mass is 19.1. The number of halogens is 1. The molecule has 2 aliphatic rings. The second kappa shape index (κ2) is 7.87. The topological polar surface area (TPSA) is 78.5 Å². The number of morpholine rings is 1. The molecule has 7 nitrogen and oxygen atoms in total. The number of imidazole rings is 1. The fourth-order valence-corrected chi connectivity index (χ4v) is 3.96. The quantitative estimate of drug-likeness (QED) is 0.865. The largest absolute Gasteiger partial charge is 0.378 e. The number of para-hydroxylation sites is 2. The van der Waals surface area contributed by atoms with Gasteiger partial charge in [-0.15, -0.1) is 0 Å². The Balaban J connectivity index is 1.36. The van der Waals surface area contributed by atoms with E-state index < -0.39 is 11.6 Å². The average molecular weight is 388 g/mol. The maximum absolute atomic E-state index is 15.4. The Bertz CT molecular complexity index is 831. The van der Waals surface area contributed by atoms with Gasteiger partial charge in [-0.25, -0.2) is 9.37 Å². The third-order valence-corrected chi connectivity index (χ3v) is 5.49. The number of nitrogens with zero attached hydrogens (tertiary/aromatic N) is 3.